The summed E-state index contributed by atoms with van der Waals surface area (Å²) in [6.45, 7) is 5.79. The summed E-state index contributed by atoms with van der Waals surface area (Å²) in [5.41, 5.74) is 3.07. The maximum Gasteiger partial charge on any atom is 0.103 e. The minimum absolute atomic E-state index is 0.473. The van der Waals surface area contributed by atoms with Gasteiger partial charge in [0.2, 0.25) is 0 Å². The van der Waals surface area contributed by atoms with Crippen LogP contribution >= 0.6 is 11.8 Å². The molecular formula is C14H16N2OS. The third-order valence-corrected chi connectivity index (χ3v) is 3.38. The summed E-state index contributed by atoms with van der Waals surface area (Å²) in [6.07, 6.45) is 1.24. The highest BCUT2D eigenvalue weighted by Crippen LogP contribution is 2.27. The van der Waals surface area contributed by atoms with Gasteiger partial charge in [-0.25, -0.2) is 9.97 Å². The predicted octanol–water partition coefficient (Wildman–Crippen LogP) is 3.30. The maximum atomic E-state index is 9.55. The van der Waals surface area contributed by atoms with Crippen molar-refractivity contribution in [2.24, 2.45) is 0 Å². The van der Waals surface area contributed by atoms with Gasteiger partial charge in [0, 0.05) is 11.9 Å². The molecule has 0 aliphatic carbocycles. The van der Waals surface area contributed by atoms with Crippen molar-refractivity contribution in [2.45, 2.75) is 36.9 Å². The fourth-order valence-electron chi connectivity index (χ4n) is 1.70. The minimum atomic E-state index is -0.473. The average Bonchev–Trinajstić information content (AvgIpc) is 2.27. The summed E-state index contributed by atoms with van der Waals surface area (Å²) in [6, 6.07) is 7.80. The first kappa shape index (κ1) is 13.1. The minimum Gasteiger partial charge on any atom is -0.389 e. The average molecular weight is 260 g/mol. The number of aliphatic hydroxyl groups excluding tert-OH is 1. The van der Waals surface area contributed by atoms with E-state index in [1.807, 2.05) is 31.2 Å². The van der Waals surface area contributed by atoms with E-state index >= 15 is 0 Å². The molecule has 0 unspecified atom stereocenters. The van der Waals surface area contributed by atoms with Crippen molar-refractivity contribution in [2.75, 3.05) is 0 Å². The summed E-state index contributed by atoms with van der Waals surface area (Å²) in [5.74, 6) is 0. The van der Waals surface area contributed by atoms with E-state index in [1.54, 1.807) is 13.1 Å². The second-order valence-corrected chi connectivity index (χ2v) is 5.37. The van der Waals surface area contributed by atoms with Crippen molar-refractivity contribution >= 4 is 11.8 Å². The standard InChI is InChI=1S/C14H16N2OS/c1-9-6-10(2)16-14(7-9)18-13-8-12(11(3)17)4-5-15-13/h4-8,11,17H,1-3H3/t11-/m1/s1. The van der Waals surface area contributed by atoms with Gasteiger partial charge in [0.15, 0.2) is 0 Å². The number of pyridine rings is 2. The van der Waals surface area contributed by atoms with Gasteiger partial charge in [-0.1, -0.05) is 11.8 Å². The largest absolute Gasteiger partial charge is 0.389 e. The Morgan fingerprint density at radius 2 is 1.94 bits per heavy atom. The third kappa shape index (κ3) is 3.31. The van der Waals surface area contributed by atoms with Crippen LogP contribution in [-0.2, 0) is 0 Å². The zero-order valence-corrected chi connectivity index (χ0v) is 11.5. The molecule has 0 bridgehead atoms. The quantitative estimate of drug-likeness (QED) is 0.919. The van der Waals surface area contributed by atoms with Crippen molar-refractivity contribution < 1.29 is 5.11 Å². The van der Waals surface area contributed by atoms with Crippen molar-refractivity contribution in [3.63, 3.8) is 0 Å². The van der Waals surface area contributed by atoms with E-state index in [2.05, 4.69) is 16.9 Å². The molecule has 0 fully saturated rings. The van der Waals surface area contributed by atoms with Gasteiger partial charge in [0.05, 0.1) is 6.10 Å². The molecule has 0 aliphatic heterocycles. The van der Waals surface area contributed by atoms with Crippen LogP contribution in [0.25, 0.3) is 0 Å². The fraction of sp³-hybridized carbons (Fsp3) is 0.286. The maximum absolute atomic E-state index is 9.55. The Bertz CT molecular complexity index is 535. The van der Waals surface area contributed by atoms with Crippen LogP contribution in [0, 0.1) is 13.8 Å². The van der Waals surface area contributed by atoms with Crippen LogP contribution in [0.2, 0.25) is 0 Å². The van der Waals surface area contributed by atoms with E-state index in [-0.39, 0.29) is 0 Å². The van der Waals surface area contributed by atoms with Crippen molar-refractivity contribution in [3.05, 3.63) is 47.3 Å². The molecule has 0 amide bonds. The van der Waals surface area contributed by atoms with Crippen LogP contribution in [0.3, 0.4) is 0 Å². The van der Waals surface area contributed by atoms with Gasteiger partial charge in [-0.2, -0.15) is 0 Å². The van der Waals surface area contributed by atoms with E-state index in [0.717, 1.165) is 21.3 Å². The lowest BCUT2D eigenvalue weighted by atomic mass is 10.2. The molecule has 3 nitrogen and oxygen atoms in total. The second-order valence-electron chi connectivity index (χ2n) is 4.33. The highest BCUT2D eigenvalue weighted by molar-refractivity contribution is 7.99. The van der Waals surface area contributed by atoms with Crippen molar-refractivity contribution in [1.29, 1.82) is 0 Å². The summed E-state index contributed by atoms with van der Waals surface area (Å²) >= 11 is 1.51. The molecule has 0 aromatic carbocycles. The second kappa shape index (κ2) is 5.50. The summed E-state index contributed by atoms with van der Waals surface area (Å²) < 4.78 is 0. The topological polar surface area (TPSA) is 46.0 Å². The molecule has 4 heteroatoms. The van der Waals surface area contributed by atoms with E-state index < -0.39 is 6.10 Å². The van der Waals surface area contributed by atoms with E-state index in [9.17, 15) is 5.11 Å². The van der Waals surface area contributed by atoms with Crippen LogP contribution in [0.15, 0.2) is 40.5 Å². The highest BCUT2D eigenvalue weighted by Gasteiger charge is 2.05. The van der Waals surface area contributed by atoms with Gasteiger partial charge in [0.25, 0.3) is 0 Å². The summed E-state index contributed by atoms with van der Waals surface area (Å²) in [4.78, 5) is 8.75. The number of aryl methyl sites for hydroxylation is 2. The fourth-order valence-corrected chi connectivity index (χ4v) is 2.66. The first-order chi connectivity index (χ1) is 8.54. The van der Waals surface area contributed by atoms with Crippen LogP contribution in [0.5, 0.6) is 0 Å². The number of nitrogens with zero attached hydrogens (tertiary/aromatic N) is 2. The van der Waals surface area contributed by atoms with Crippen LogP contribution in [0.1, 0.15) is 29.8 Å². The summed E-state index contributed by atoms with van der Waals surface area (Å²) in [5, 5.41) is 11.3. The molecule has 0 radical (unpaired) electrons. The SMILES string of the molecule is Cc1cc(C)nc(Sc2cc([C@@H](C)O)ccn2)c1. The van der Waals surface area contributed by atoms with Crippen LogP contribution in [-0.4, -0.2) is 15.1 Å². The molecule has 2 heterocycles. The number of hydrogen-bond acceptors (Lipinski definition) is 4. The molecule has 2 aromatic heterocycles. The Balaban J connectivity index is 2.25. The first-order valence-corrected chi connectivity index (χ1v) is 6.63. The number of rotatable bonds is 3. The monoisotopic (exact) mass is 260 g/mol. The van der Waals surface area contributed by atoms with E-state index in [1.165, 1.54) is 17.3 Å². The lowest BCUT2D eigenvalue weighted by Crippen LogP contribution is -1.93. The molecule has 0 saturated carbocycles. The molecule has 1 atom stereocenters. The molecule has 94 valence electrons. The highest BCUT2D eigenvalue weighted by atomic mass is 32.2. The zero-order chi connectivity index (χ0) is 13.1. The molecule has 18 heavy (non-hydrogen) atoms. The molecule has 0 aliphatic rings. The van der Waals surface area contributed by atoms with Crippen LogP contribution < -0.4 is 0 Å². The molecule has 2 rings (SSSR count). The Kier molecular flexibility index (Phi) is 3.99. The van der Waals surface area contributed by atoms with Gasteiger partial charge < -0.3 is 5.11 Å². The number of hydrogen-bond donors (Lipinski definition) is 1. The molecular weight excluding hydrogens is 244 g/mol. The van der Waals surface area contributed by atoms with Gasteiger partial charge in [-0.05, 0) is 56.2 Å². The molecule has 1 N–H and O–H groups in total. The number of aromatic nitrogens is 2. The first-order valence-electron chi connectivity index (χ1n) is 5.82. The summed E-state index contributed by atoms with van der Waals surface area (Å²) in [7, 11) is 0. The van der Waals surface area contributed by atoms with E-state index in [0.29, 0.717) is 0 Å². The Morgan fingerprint density at radius 3 is 2.61 bits per heavy atom. The van der Waals surface area contributed by atoms with Gasteiger partial charge in [0.1, 0.15) is 10.1 Å². The Hall–Kier alpha value is -1.39. The van der Waals surface area contributed by atoms with Crippen molar-refractivity contribution in [1.82, 2.24) is 9.97 Å². The Morgan fingerprint density at radius 1 is 1.17 bits per heavy atom. The molecule has 0 spiro atoms. The zero-order valence-electron chi connectivity index (χ0n) is 10.7. The van der Waals surface area contributed by atoms with Gasteiger partial charge in [-0.15, -0.1) is 0 Å². The number of aliphatic hydroxyl groups is 1. The van der Waals surface area contributed by atoms with Crippen molar-refractivity contribution in [3.8, 4) is 0 Å². The van der Waals surface area contributed by atoms with E-state index in [4.69, 9.17) is 0 Å². The predicted molar refractivity (Wildman–Crippen MR) is 72.7 cm³/mol. The third-order valence-electron chi connectivity index (χ3n) is 2.52. The molecule has 2 aromatic rings. The van der Waals surface area contributed by atoms with Gasteiger partial charge in [-0.3, -0.25) is 0 Å². The normalized spacial score (nSPS) is 12.4. The Labute approximate surface area is 111 Å². The van der Waals surface area contributed by atoms with Crippen LogP contribution in [0.4, 0.5) is 0 Å². The van der Waals surface area contributed by atoms with Gasteiger partial charge >= 0.3 is 0 Å². The lowest BCUT2D eigenvalue weighted by Gasteiger charge is -2.07. The molecule has 0 saturated heterocycles. The smallest absolute Gasteiger partial charge is 0.103 e. The lowest BCUT2D eigenvalue weighted by molar-refractivity contribution is 0.199.